The fraction of sp³-hybridized carbons (Fsp3) is 0.946. The third-order valence-electron chi connectivity index (χ3n) is 12.7. The minimum Gasteiger partial charge on any atom is -0.462 e. The second-order valence-corrected chi connectivity index (χ2v) is 20.2. The fourth-order valence-corrected chi connectivity index (χ4v) is 8.52. The van der Waals surface area contributed by atoms with Crippen LogP contribution in [0.2, 0.25) is 0 Å². The zero-order chi connectivity index (χ0) is 45.4. The summed E-state index contributed by atoms with van der Waals surface area (Å²) in [6.07, 6.45) is 50.9. The average Bonchev–Trinajstić information content (AvgIpc) is 3.24. The maximum atomic E-state index is 12.8. The Morgan fingerprint density at radius 2 is 0.532 bits per heavy atom. The highest BCUT2D eigenvalue weighted by Gasteiger charge is 2.19. The summed E-state index contributed by atoms with van der Waals surface area (Å²) in [5.41, 5.74) is 0. The minimum absolute atomic E-state index is 0.0630. The quantitative estimate of drug-likeness (QED) is 0.0344. The molecule has 6 heteroatoms. The van der Waals surface area contributed by atoms with Crippen LogP contribution in [0.3, 0.4) is 0 Å². The normalized spacial score (nSPS) is 12.0. The molecule has 0 unspecified atom stereocenters. The molecule has 0 aromatic carbocycles. The van der Waals surface area contributed by atoms with E-state index in [9.17, 15) is 14.4 Å². The van der Waals surface area contributed by atoms with E-state index in [4.69, 9.17) is 14.2 Å². The number of hydrogen-bond acceptors (Lipinski definition) is 6. The van der Waals surface area contributed by atoms with Gasteiger partial charge in [0.25, 0.3) is 0 Å². The number of esters is 3. The molecule has 0 bridgehead atoms. The molecule has 0 heterocycles. The number of hydrogen-bond donors (Lipinski definition) is 0. The highest BCUT2D eigenvalue weighted by Crippen LogP contribution is 2.18. The Hall–Kier alpha value is -1.59. The molecule has 0 aliphatic heterocycles. The molecule has 0 rings (SSSR count). The van der Waals surface area contributed by atoms with Gasteiger partial charge in [-0.3, -0.25) is 14.4 Å². The summed E-state index contributed by atoms with van der Waals surface area (Å²) >= 11 is 0. The first kappa shape index (κ1) is 60.4. The summed E-state index contributed by atoms with van der Waals surface area (Å²) in [7, 11) is 0. The molecule has 0 fully saturated rings. The number of carbonyl (C=O) groups is 3. The van der Waals surface area contributed by atoms with Crippen LogP contribution in [0.1, 0.15) is 311 Å². The Balaban J connectivity index is 4.28. The second-order valence-electron chi connectivity index (χ2n) is 20.2. The lowest BCUT2D eigenvalue weighted by Gasteiger charge is -2.18. The first-order valence-electron chi connectivity index (χ1n) is 27.7. The molecule has 0 aromatic rings. The standard InChI is InChI=1S/C56H108O6/c1-6-7-8-9-10-11-19-26-31-36-41-46-54(57)60-49-53(50-61-55(58)47-42-37-32-27-22-18-17-21-25-30-35-40-45-52(4)5)62-56(59)48-43-38-33-28-23-16-14-12-13-15-20-24-29-34-39-44-51(2)3/h51-53H,6-50H2,1-5H3/t53-/m1/s1. The Labute approximate surface area is 387 Å². The summed E-state index contributed by atoms with van der Waals surface area (Å²) in [5.74, 6) is 0.839. The lowest BCUT2D eigenvalue weighted by molar-refractivity contribution is -0.167. The van der Waals surface area contributed by atoms with Crippen LogP contribution in [-0.4, -0.2) is 37.2 Å². The van der Waals surface area contributed by atoms with Crippen molar-refractivity contribution in [3.05, 3.63) is 0 Å². The van der Waals surface area contributed by atoms with Crippen LogP contribution in [-0.2, 0) is 28.6 Å². The van der Waals surface area contributed by atoms with E-state index in [1.807, 2.05) is 0 Å². The first-order chi connectivity index (χ1) is 30.2. The molecule has 62 heavy (non-hydrogen) atoms. The Kier molecular flexibility index (Phi) is 47.6. The van der Waals surface area contributed by atoms with Gasteiger partial charge >= 0.3 is 17.9 Å². The minimum atomic E-state index is -0.762. The number of unbranched alkanes of at least 4 members (excludes halogenated alkanes) is 35. The van der Waals surface area contributed by atoms with Crippen molar-refractivity contribution in [2.24, 2.45) is 11.8 Å². The molecule has 0 aliphatic carbocycles. The molecule has 0 aromatic heterocycles. The van der Waals surface area contributed by atoms with Gasteiger partial charge in [0.1, 0.15) is 13.2 Å². The van der Waals surface area contributed by atoms with E-state index in [0.717, 1.165) is 69.6 Å². The molecule has 0 spiro atoms. The lowest BCUT2D eigenvalue weighted by Crippen LogP contribution is -2.30. The lowest BCUT2D eigenvalue weighted by atomic mass is 10.0. The highest BCUT2D eigenvalue weighted by atomic mass is 16.6. The molecule has 368 valence electrons. The van der Waals surface area contributed by atoms with Crippen LogP contribution in [0.25, 0.3) is 0 Å². The van der Waals surface area contributed by atoms with Gasteiger partial charge in [0, 0.05) is 19.3 Å². The maximum absolute atomic E-state index is 12.8. The average molecular weight is 877 g/mol. The Morgan fingerprint density at radius 3 is 0.790 bits per heavy atom. The zero-order valence-corrected chi connectivity index (χ0v) is 42.5. The smallest absolute Gasteiger partial charge is 0.306 e. The number of carbonyl (C=O) groups excluding carboxylic acids is 3. The summed E-state index contributed by atoms with van der Waals surface area (Å²) < 4.78 is 16.8. The molecular formula is C56H108O6. The molecule has 0 saturated carbocycles. The molecular weight excluding hydrogens is 769 g/mol. The zero-order valence-electron chi connectivity index (χ0n) is 42.5. The van der Waals surface area contributed by atoms with E-state index < -0.39 is 6.10 Å². The monoisotopic (exact) mass is 877 g/mol. The number of ether oxygens (including phenoxy) is 3. The van der Waals surface area contributed by atoms with E-state index in [-0.39, 0.29) is 31.1 Å². The van der Waals surface area contributed by atoms with Crippen LogP contribution in [0.15, 0.2) is 0 Å². The maximum Gasteiger partial charge on any atom is 0.306 e. The molecule has 0 radical (unpaired) electrons. The van der Waals surface area contributed by atoms with E-state index >= 15 is 0 Å². The van der Waals surface area contributed by atoms with Crippen LogP contribution in [0.4, 0.5) is 0 Å². The van der Waals surface area contributed by atoms with E-state index in [2.05, 4.69) is 34.6 Å². The summed E-state index contributed by atoms with van der Waals surface area (Å²) in [4.78, 5) is 38.0. The third-order valence-corrected chi connectivity index (χ3v) is 12.7. The molecule has 0 amide bonds. The van der Waals surface area contributed by atoms with Crippen molar-refractivity contribution in [3.63, 3.8) is 0 Å². The van der Waals surface area contributed by atoms with Gasteiger partial charge in [-0.25, -0.2) is 0 Å². The van der Waals surface area contributed by atoms with E-state index in [0.29, 0.717) is 19.3 Å². The van der Waals surface area contributed by atoms with E-state index in [1.165, 1.54) is 199 Å². The molecule has 0 aliphatic rings. The van der Waals surface area contributed by atoms with Gasteiger partial charge in [0.15, 0.2) is 6.10 Å². The summed E-state index contributed by atoms with van der Waals surface area (Å²) in [5, 5.41) is 0. The van der Waals surface area contributed by atoms with Crippen LogP contribution in [0.5, 0.6) is 0 Å². The van der Waals surface area contributed by atoms with E-state index in [1.54, 1.807) is 0 Å². The molecule has 6 nitrogen and oxygen atoms in total. The van der Waals surface area contributed by atoms with Gasteiger partial charge in [-0.05, 0) is 31.1 Å². The molecule has 0 N–H and O–H groups in total. The van der Waals surface area contributed by atoms with Crippen LogP contribution >= 0.6 is 0 Å². The predicted octanol–water partition coefficient (Wildman–Crippen LogP) is 18.1. The van der Waals surface area contributed by atoms with Crippen molar-refractivity contribution in [2.75, 3.05) is 13.2 Å². The van der Waals surface area contributed by atoms with Crippen molar-refractivity contribution in [3.8, 4) is 0 Å². The van der Waals surface area contributed by atoms with Crippen molar-refractivity contribution in [1.82, 2.24) is 0 Å². The van der Waals surface area contributed by atoms with Gasteiger partial charge in [-0.2, -0.15) is 0 Å². The van der Waals surface area contributed by atoms with Gasteiger partial charge < -0.3 is 14.2 Å². The fourth-order valence-electron chi connectivity index (χ4n) is 8.52. The highest BCUT2D eigenvalue weighted by molar-refractivity contribution is 5.71. The molecule has 1 atom stereocenters. The van der Waals surface area contributed by atoms with Crippen molar-refractivity contribution >= 4 is 17.9 Å². The van der Waals surface area contributed by atoms with Crippen LogP contribution in [0, 0.1) is 11.8 Å². The van der Waals surface area contributed by atoms with Gasteiger partial charge in [0.05, 0.1) is 0 Å². The predicted molar refractivity (Wildman–Crippen MR) is 266 cm³/mol. The third kappa shape index (κ3) is 49.4. The first-order valence-corrected chi connectivity index (χ1v) is 27.7. The Morgan fingerprint density at radius 1 is 0.306 bits per heavy atom. The topological polar surface area (TPSA) is 78.9 Å². The van der Waals surface area contributed by atoms with Gasteiger partial charge in [-0.1, -0.05) is 272 Å². The second kappa shape index (κ2) is 48.9. The largest absolute Gasteiger partial charge is 0.462 e. The summed E-state index contributed by atoms with van der Waals surface area (Å²) in [6, 6.07) is 0. The summed E-state index contributed by atoms with van der Waals surface area (Å²) in [6.45, 7) is 11.4. The number of rotatable bonds is 50. The molecule has 0 saturated heterocycles. The van der Waals surface area contributed by atoms with Crippen LogP contribution < -0.4 is 0 Å². The van der Waals surface area contributed by atoms with Crippen molar-refractivity contribution in [1.29, 1.82) is 0 Å². The van der Waals surface area contributed by atoms with Crippen molar-refractivity contribution < 1.29 is 28.6 Å². The SMILES string of the molecule is CCCCCCCCCCCCCC(=O)OC[C@H](COC(=O)CCCCCCCCCCCCCCC(C)C)OC(=O)CCCCCCCCCCCCCCCCCC(C)C. The van der Waals surface area contributed by atoms with Gasteiger partial charge in [0.2, 0.25) is 0 Å². The Bertz CT molecular complexity index is 947. The van der Waals surface area contributed by atoms with Gasteiger partial charge in [-0.15, -0.1) is 0 Å². The van der Waals surface area contributed by atoms with Crippen molar-refractivity contribution in [2.45, 2.75) is 317 Å².